The zero-order chi connectivity index (χ0) is 25.3. The molecule has 0 atom stereocenters. The van der Waals surface area contributed by atoms with Gasteiger partial charge in [-0.1, -0.05) is 54.1 Å². The van der Waals surface area contributed by atoms with E-state index in [0.717, 1.165) is 34.0 Å². The van der Waals surface area contributed by atoms with Crippen LogP contribution in [0.3, 0.4) is 0 Å². The van der Waals surface area contributed by atoms with Crippen LogP contribution in [0.15, 0.2) is 84.9 Å². The molecule has 184 valence electrons. The highest BCUT2D eigenvalue weighted by atomic mass is 35.5. The molecule has 1 fully saturated rings. The number of likely N-dealkylation sites (tertiary alicyclic amines) is 1. The maximum absolute atomic E-state index is 13.8. The van der Waals surface area contributed by atoms with Crippen molar-refractivity contribution in [3.8, 4) is 22.7 Å². The predicted molar refractivity (Wildman–Crippen MR) is 143 cm³/mol. The Morgan fingerprint density at radius 3 is 2.22 bits per heavy atom. The van der Waals surface area contributed by atoms with E-state index in [1.165, 1.54) is 0 Å². The Morgan fingerprint density at radius 1 is 0.944 bits per heavy atom. The molecule has 1 aromatic heterocycles. The number of halogens is 1. The van der Waals surface area contributed by atoms with Crippen LogP contribution in [0.2, 0.25) is 5.02 Å². The first-order valence-electron chi connectivity index (χ1n) is 12.1. The van der Waals surface area contributed by atoms with Crippen LogP contribution in [-0.2, 0) is 5.60 Å². The fourth-order valence-electron chi connectivity index (χ4n) is 5.03. The average molecular weight is 501 g/mol. The molecule has 1 aliphatic heterocycles. The Labute approximate surface area is 216 Å². The van der Waals surface area contributed by atoms with E-state index in [4.69, 9.17) is 16.3 Å². The summed E-state index contributed by atoms with van der Waals surface area (Å²) in [5, 5.41) is 11.8. The molecule has 1 amide bonds. The number of rotatable bonds is 5. The van der Waals surface area contributed by atoms with Crippen molar-refractivity contribution in [1.29, 1.82) is 0 Å². The number of nitrogens with zero attached hydrogens (tertiary/aromatic N) is 2. The lowest BCUT2D eigenvalue weighted by Crippen LogP contribution is -2.45. The molecule has 0 saturated carbocycles. The number of para-hydroxylation sites is 1. The third-order valence-electron chi connectivity index (χ3n) is 7.15. The highest BCUT2D eigenvalue weighted by molar-refractivity contribution is 6.32. The van der Waals surface area contributed by atoms with Crippen molar-refractivity contribution in [3.63, 3.8) is 0 Å². The smallest absolute Gasteiger partial charge is 0.255 e. The number of aromatic nitrogens is 1. The molecule has 1 saturated heterocycles. The van der Waals surface area contributed by atoms with Gasteiger partial charge in [0.1, 0.15) is 5.75 Å². The molecule has 0 radical (unpaired) electrons. The number of aliphatic hydroxyl groups is 1. The minimum atomic E-state index is -0.912. The van der Waals surface area contributed by atoms with E-state index in [9.17, 15) is 9.90 Å². The van der Waals surface area contributed by atoms with Crippen LogP contribution in [-0.4, -0.2) is 40.7 Å². The zero-order valence-electron chi connectivity index (χ0n) is 20.4. The molecule has 2 heterocycles. The number of carbonyl (C=O) groups is 1. The summed E-state index contributed by atoms with van der Waals surface area (Å²) in [6.45, 7) is 2.92. The molecule has 0 aliphatic carbocycles. The number of benzene rings is 3. The molecule has 0 spiro atoms. The standard InChI is InChI=1S/C30H29ClN2O3/c1-21-25(29(34)32-18-16-30(35,17-19-32)23-8-4-3-5-9-23)20-28(22-12-14-24(36-2)15-13-22)33(21)27-11-7-6-10-26(27)31/h3-15,20,35H,16-19H2,1-2H3. The predicted octanol–water partition coefficient (Wildman–Crippen LogP) is 6.24. The van der Waals surface area contributed by atoms with Crippen molar-refractivity contribution < 1.29 is 14.6 Å². The van der Waals surface area contributed by atoms with Gasteiger partial charge in [0, 0.05) is 18.8 Å². The summed E-state index contributed by atoms with van der Waals surface area (Å²) in [4.78, 5) is 15.6. The molecule has 1 aliphatic rings. The monoisotopic (exact) mass is 500 g/mol. The second-order valence-corrected chi connectivity index (χ2v) is 9.64. The van der Waals surface area contributed by atoms with Gasteiger partial charge < -0.3 is 19.3 Å². The summed E-state index contributed by atoms with van der Waals surface area (Å²) >= 11 is 6.60. The van der Waals surface area contributed by atoms with Gasteiger partial charge in [-0.2, -0.15) is 0 Å². The number of ether oxygens (including phenoxy) is 1. The fourth-order valence-corrected chi connectivity index (χ4v) is 5.25. The van der Waals surface area contributed by atoms with Gasteiger partial charge in [-0.15, -0.1) is 0 Å². The topological polar surface area (TPSA) is 54.7 Å². The number of hydrogen-bond donors (Lipinski definition) is 1. The maximum Gasteiger partial charge on any atom is 0.255 e. The molecule has 0 bridgehead atoms. The number of methoxy groups -OCH3 is 1. The van der Waals surface area contributed by atoms with Crippen molar-refractivity contribution in [3.05, 3.63) is 107 Å². The maximum atomic E-state index is 13.8. The lowest BCUT2D eigenvalue weighted by atomic mass is 9.84. The van der Waals surface area contributed by atoms with Crippen molar-refractivity contribution in [2.45, 2.75) is 25.4 Å². The van der Waals surface area contributed by atoms with Crippen molar-refractivity contribution in [1.82, 2.24) is 9.47 Å². The number of amides is 1. The van der Waals surface area contributed by atoms with Gasteiger partial charge in [-0.05, 0) is 73.4 Å². The minimum Gasteiger partial charge on any atom is -0.497 e. The normalized spacial score (nSPS) is 15.1. The van der Waals surface area contributed by atoms with E-state index >= 15 is 0 Å². The van der Waals surface area contributed by atoms with E-state index in [1.807, 2.05) is 101 Å². The van der Waals surface area contributed by atoms with E-state index in [1.54, 1.807) is 7.11 Å². The molecule has 4 aromatic rings. The van der Waals surface area contributed by atoms with Crippen LogP contribution in [0, 0.1) is 6.92 Å². The van der Waals surface area contributed by atoms with Gasteiger partial charge in [0.05, 0.1) is 34.7 Å². The number of hydrogen-bond acceptors (Lipinski definition) is 3. The largest absolute Gasteiger partial charge is 0.497 e. The van der Waals surface area contributed by atoms with Crippen LogP contribution in [0.5, 0.6) is 5.75 Å². The van der Waals surface area contributed by atoms with Gasteiger partial charge in [-0.3, -0.25) is 4.79 Å². The van der Waals surface area contributed by atoms with Gasteiger partial charge in [0.15, 0.2) is 0 Å². The summed E-state index contributed by atoms with van der Waals surface area (Å²) < 4.78 is 7.37. The quantitative estimate of drug-likeness (QED) is 0.353. The second-order valence-electron chi connectivity index (χ2n) is 9.23. The number of piperidine rings is 1. The minimum absolute atomic E-state index is 0.0387. The van der Waals surface area contributed by atoms with E-state index < -0.39 is 5.60 Å². The highest BCUT2D eigenvalue weighted by Crippen LogP contribution is 2.36. The second kappa shape index (κ2) is 9.84. The summed E-state index contributed by atoms with van der Waals surface area (Å²) in [7, 11) is 1.64. The van der Waals surface area contributed by atoms with Crippen LogP contribution in [0.1, 0.15) is 34.5 Å². The molecular weight excluding hydrogens is 472 g/mol. The van der Waals surface area contributed by atoms with Crippen LogP contribution >= 0.6 is 11.6 Å². The first kappa shape index (κ1) is 24.2. The molecule has 3 aromatic carbocycles. The van der Waals surface area contributed by atoms with Gasteiger partial charge in [0.25, 0.3) is 5.91 Å². The molecule has 5 rings (SSSR count). The molecule has 5 nitrogen and oxygen atoms in total. The van der Waals surface area contributed by atoms with Crippen molar-refractivity contribution in [2.24, 2.45) is 0 Å². The van der Waals surface area contributed by atoms with Gasteiger partial charge in [-0.25, -0.2) is 0 Å². The lowest BCUT2D eigenvalue weighted by molar-refractivity contribution is -0.0211. The SMILES string of the molecule is COc1ccc(-c2cc(C(=O)N3CCC(O)(c4ccccc4)CC3)c(C)n2-c2ccccc2Cl)cc1. The third-order valence-corrected chi connectivity index (χ3v) is 7.47. The molecule has 1 N–H and O–H groups in total. The van der Waals surface area contributed by atoms with E-state index in [2.05, 4.69) is 0 Å². The first-order chi connectivity index (χ1) is 17.4. The molecular formula is C30H29ClN2O3. The van der Waals surface area contributed by atoms with Crippen LogP contribution in [0.25, 0.3) is 16.9 Å². The van der Waals surface area contributed by atoms with Crippen LogP contribution < -0.4 is 4.74 Å². The van der Waals surface area contributed by atoms with E-state index in [-0.39, 0.29) is 5.91 Å². The highest BCUT2D eigenvalue weighted by Gasteiger charge is 2.36. The molecule has 36 heavy (non-hydrogen) atoms. The Bertz CT molecular complexity index is 1370. The molecule has 6 heteroatoms. The summed E-state index contributed by atoms with van der Waals surface area (Å²) in [6.07, 6.45) is 0.997. The third kappa shape index (κ3) is 4.41. The van der Waals surface area contributed by atoms with Crippen LogP contribution in [0.4, 0.5) is 0 Å². The van der Waals surface area contributed by atoms with Crippen molar-refractivity contribution in [2.75, 3.05) is 20.2 Å². The van der Waals surface area contributed by atoms with Gasteiger partial charge in [0.2, 0.25) is 0 Å². The first-order valence-corrected chi connectivity index (χ1v) is 12.5. The summed E-state index contributed by atoms with van der Waals surface area (Å²) in [5.74, 6) is 0.727. The Kier molecular flexibility index (Phi) is 6.61. The Morgan fingerprint density at radius 2 is 1.58 bits per heavy atom. The molecule has 0 unspecified atom stereocenters. The van der Waals surface area contributed by atoms with Crippen molar-refractivity contribution >= 4 is 17.5 Å². The lowest BCUT2D eigenvalue weighted by Gasteiger charge is -2.38. The summed E-state index contributed by atoms with van der Waals surface area (Å²) in [5.41, 5.74) is 4.09. The van der Waals surface area contributed by atoms with E-state index in [0.29, 0.717) is 36.5 Å². The fraction of sp³-hybridized carbons (Fsp3) is 0.233. The zero-order valence-corrected chi connectivity index (χ0v) is 21.2. The Balaban J connectivity index is 1.50. The Hall–Kier alpha value is -3.54. The summed E-state index contributed by atoms with van der Waals surface area (Å²) in [6, 6.07) is 27.1. The number of carbonyl (C=O) groups excluding carboxylic acids is 1. The average Bonchev–Trinajstić information content (AvgIpc) is 3.26. The van der Waals surface area contributed by atoms with Gasteiger partial charge >= 0.3 is 0 Å².